The quantitative estimate of drug-likeness (QED) is 0.654. The Balaban J connectivity index is 1.55. The fraction of sp³-hybridized carbons (Fsp3) is 1.00. The highest BCUT2D eigenvalue weighted by Crippen LogP contribution is 2.18. The highest BCUT2D eigenvalue weighted by atomic mass is 16.5. The van der Waals surface area contributed by atoms with Crippen LogP contribution in [0.3, 0.4) is 0 Å². The summed E-state index contributed by atoms with van der Waals surface area (Å²) >= 11 is 0. The van der Waals surface area contributed by atoms with Crippen molar-refractivity contribution in [1.82, 2.24) is 10.2 Å². The lowest BCUT2D eigenvalue weighted by molar-refractivity contribution is 0.0603. The van der Waals surface area contributed by atoms with Crippen LogP contribution in [0.4, 0.5) is 0 Å². The molecular formula is C12H24N2O2. The van der Waals surface area contributed by atoms with E-state index in [1.807, 2.05) is 0 Å². The molecule has 1 saturated carbocycles. The minimum Gasteiger partial charge on any atom is -0.390 e. The van der Waals surface area contributed by atoms with Crippen molar-refractivity contribution in [3.05, 3.63) is 0 Å². The van der Waals surface area contributed by atoms with E-state index >= 15 is 0 Å². The summed E-state index contributed by atoms with van der Waals surface area (Å²) in [5, 5.41) is 13.2. The molecule has 0 bridgehead atoms. The molecule has 0 spiro atoms. The standard InChI is InChI=1S/C12H24N2O2/c1-14(9-12-3-2-6-16-12)8-11(15)7-13-10-4-5-10/h10-13,15H,2-9H2,1H3. The maximum atomic E-state index is 9.83. The van der Waals surface area contributed by atoms with Crippen LogP contribution in [0.5, 0.6) is 0 Å². The van der Waals surface area contributed by atoms with Gasteiger partial charge in [0.15, 0.2) is 0 Å². The Labute approximate surface area is 98.0 Å². The van der Waals surface area contributed by atoms with Gasteiger partial charge in [-0.1, -0.05) is 0 Å². The first-order valence-corrected chi connectivity index (χ1v) is 6.45. The summed E-state index contributed by atoms with van der Waals surface area (Å²) in [6.07, 6.45) is 5.03. The molecule has 2 N–H and O–H groups in total. The number of hydrogen-bond acceptors (Lipinski definition) is 4. The van der Waals surface area contributed by atoms with Crippen molar-refractivity contribution in [1.29, 1.82) is 0 Å². The second-order valence-electron chi connectivity index (χ2n) is 5.19. The van der Waals surface area contributed by atoms with Crippen molar-refractivity contribution < 1.29 is 9.84 Å². The maximum Gasteiger partial charge on any atom is 0.0791 e. The molecule has 0 amide bonds. The number of rotatable bonds is 7. The number of ether oxygens (including phenoxy) is 1. The average molecular weight is 228 g/mol. The van der Waals surface area contributed by atoms with Gasteiger partial charge < -0.3 is 20.1 Å². The van der Waals surface area contributed by atoms with Crippen molar-refractivity contribution in [2.24, 2.45) is 0 Å². The van der Waals surface area contributed by atoms with Crippen molar-refractivity contribution in [3.8, 4) is 0 Å². The molecule has 16 heavy (non-hydrogen) atoms. The summed E-state index contributed by atoms with van der Waals surface area (Å²) in [7, 11) is 2.06. The van der Waals surface area contributed by atoms with Gasteiger partial charge in [-0.2, -0.15) is 0 Å². The van der Waals surface area contributed by atoms with E-state index in [1.165, 1.54) is 25.7 Å². The molecule has 4 nitrogen and oxygen atoms in total. The van der Waals surface area contributed by atoms with Gasteiger partial charge in [-0.15, -0.1) is 0 Å². The van der Waals surface area contributed by atoms with Crippen molar-refractivity contribution in [2.45, 2.75) is 43.9 Å². The number of nitrogens with zero attached hydrogens (tertiary/aromatic N) is 1. The van der Waals surface area contributed by atoms with Crippen molar-refractivity contribution in [2.75, 3.05) is 33.3 Å². The summed E-state index contributed by atoms with van der Waals surface area (Å²) in [5.74, 6) is 0. The average Bonchev–Trinajstić information content (AvgIpc) is 2.94. The molecule has 1 saturated heterocycles. The fourth-order valence-electron chi connectivity index (χ4n) is 2.22. The van der Waals surface area contributed by atoms with Gasteiger partial charge >= 0.3 is 0 Å². The highest BCUT2D eigenvalue weighted by Gasteiger charge is 2.22. The van der Waals surface area contributed by atoms with Crippen molar-refractivity contribution in [3.63, 3.8) is 0 Å². The molecule has 2 atom stereocenters. The zero-order valence-electron chi connectivity index (χ0n) is 10.2. The van der Waals surface area contributed by atoms with E-state index in [-0.39, 0.29) is 6.10 Å². The summed E-state index contributed by atoms with van der Waals surface area (Å²) in [6.45, 7) is 3.31. The molecule has 2 aliphatic rings. The van der Waals surface area contributed by atoms with E-state index in [4.69, 9.17) is 4.74 Å². The van der Waals surface area contributed by atoms with Gasteiger partial charge in [0.05, 0.1) is 12.2 Å². The largest absolute Gasteiger partial charge is 0.390 e. The number of aliphatic hydroxyl groups is 1. The lowest BCUT2D eigenvalue weighted by Gasteiger charge is -2.23. The monoisotopic (exact) mass is 228 g/mol. The lowest BCUT2D eigenvalue weighted by atomic mass is 10.2. The molecule has 1 aliphatic carbocycles. The molecular weight excluding hydrogens is 204 g/mol. The van der Waals surface area contributed by atoms with Crippen molar-refractivity contribution >= 4 is 0 Å². The highest BCUT2D eigenvalue weighted by molar-refractivity contribution is 4.82. The van der Waals surface area contributed by atoms with E-state index in [1.54, 1.807) is 0 Å². The molecule has 2 rings (SSSR count). The third-order valence-corrected chi connectivity index (χ3v) is 3.28. The van der Waals surface area contributed by atoms with Crippen LogP contribution in [-0.2, 0) is 4.74 Å². The van der Waals surface area contributed by atoms with Crippen LogP contribution < -0.4 is 5.32 Å². The molecule has 1 heterocycles. The van der Waals surface area contributed by atoms with E-state index < -0.39 is 0 Å². The van der Waals surface area contributed by atoms with Crippen LogP contribution in [0.15, 0.2) is 0 Å². The van der Waals surface area contributed by atoms with Crippen LogP contribution in [0.25, 0.3) is 0 Å². The lowest BCUT2D eigenvalue weighted by Crippen LogP contribution is -2.39. The van der Waals surface area contributed by atoms with E-state index in [0.717, 1.165) is 26.2 Å². The third kappa shape index (κ3) is 4.37. The van der Waals surface area contributed by atoms with Gasteiger partial charge in [0.1, 0.15) is 0 Å². The first kappa shape index (κ1) is 12.3. The fourth-order valence-corrected chi connectivity index (χ4v) is 2.22. The normalized spacial score (nSPS) is 27.6. The van der Waals surface area contributed by atoms with Crippen LogP contribution in [-0.4, -0.2) is 61.5 Å². The second kappa shape index (κ2) is 5.96. The van der Waals surface area contributed by atoms with Crippen LogP contribution >= 0.6 is 0 Å². The Morgan fingerprint density at radius 2 is 2.25 bits per heavy atom. The Morgan fingerprint density at radius 3 is 2.88 bits per heavy atom. The molecule has 2 fully saturated rings. The van der Waals surface area contributed by atoms with Gasteiger partial charge in [-0.05, 0) is 32.7 Å². The minimum atomic E-state index is -0.257. The predicted octanol–water partition coefficient (Wildman–Crippen LogP) is 0.210. The Kier molecular flexibility index (Phi) is 4.58. The third-order valence-electron chi connectivity index (χ3n) is 3.28. The van der Waals surface area contributed by atoms with Gasteiger partial charge in [0, 0.05) is 32.3 Å². The molecule has 94 valence electrons. The molecule has 1 aliphatic heterocycles. The van der Waals surface area contributed by atoms with E-state index in [0.29, 0.717) is 12.1 Å². The SMILES string of the molecule is CN(CC(O)CNC1CC1)CC1CCCO1. The second-order valence-corrected chi connectivity index (χ2v) is 5.19. The molecule has 0 aromatic heterocycles. The van der Waals surface area contributed by atoms with Gasteiger partial charge in [-0.3, -0.25) is 0 Å². The number of hydrogen-bond donors (Lipinski definition) is 2. The smallest absolute Gasteiger partial charge is 0.0791 e. The number of likely N-dealkylation sites (N-methyl/N-ethyl adjacent to an activating group) is 1. The minimum absolute atomic E-state index is 0.257. The summed E-state index contributed by atoms with van der Waals surface area (Å²) in [5.41, 5.74) is 0. The summed E-state index contributed by atoms with van der Waals surface area (Å²) in [6, 6.07) is 0.679. The first-order valence-electron chi connectivity index (χ1n) is 6.45. The van der Waals surface area contributed by atoms with E-state index in [2.05, 4.69) is 17.3 Å². The Hall–Kier alpha value is -0.160. The molecule has 0 aromatic rings. The van der Waals surface area contributed by atoms with Crippen LogP contribution in [0.1, 0.15) is 25.7 Å². The number of aliphatic hydroxyl groups excluding tert-OH is 1. The summed E-state index contributed by atoms with van der Waals surface area (Å²) in [4.78, 5) is 2.18. The van der Waals surface area contributed by atoms with Gasteiger partial charge in [0.25, 0.3) is 0 Å². The van der Waals surface area contributed by atoms with Gasteiger partial charge in [0.2, 0.25) is 0 Å². The van der Waals surface area contributed by atoms with Crippen LogP contribution in [0, 0.1) is 0 Å². The topological polar surface area (TPSA) is 44.7 Å². The van der Waals surface area contributed by atoms with Gasteiger partial charge in [-0.25, -0.2) is 0 Å². The zero-order chi connectivity index (χ0) is 11.4. The first-order chi connectivity index (χ1) is 7.74. The van der Waals surface area contributed by atoms with E-state index in [9.17, 15) is 5.11 Å². The maximum absolute atomic E-state index is 9.83. The summed E-state index contributed by atoms with van der Waals surface area (Å²) < 4.78 is 5.57. The predicted molar refractivity (Wildman–Crippen MR) is 63.5 cm³/mol. The Morgan fingerprint density at radius 1 is 1.44 bits per heavy atom. The Bertz CT molecular complexity index is 203. The zero-order valence-corrected chi connectivity index (χ0v) is 10.2. The molecule has 2 unspecified atom stereocenters. The molecule has 0 radical (unpaired) electrons. The number of nitrogens with one attached hydrogen (secondary N) is 1. The van der Waals surface area contributed by atoms with Crippen LogP contribution in [0.2, 0.25) is 0 Å². The molecule has 4 heteroatoms. The molecule has 0 aromatic carbocycles.